The summed E-state index contributed by atoms with van der Waals surface area (Å²) in [5, 5.41) is 8.26. The zero-order valence-corrected chi connectivity index (χ0v) is 6.05. The van der Waals surface area contributed by atoms with Gasteiger partial charge in [0.2, 0.25) is 0 Å². The van der Waals surface area contributed by atoms with Crippen LogP contribution in [0.3, 0.4) is 0 Å². The lowest BCUT2D eigenvalue weighted by Crippen LogP contribution is -1.99. The molecule has 2 nitrogen and oxygen atoms in total. The average Bonchev–Trinajstić information content (AvgIpc) is 1.83. The number of hydrogen-bond acceptors (Lipinski definition) is 1. The van der Waals surface area contributed by atoms with Gasteiger partial charge in [-0.25, -0.2) is 0 Å². The van der Waals surface area contributed by atoms with E-state index >= 15 is 0 Å². The molecule has 0 fully saturated rings. The number of carboxylic acid groups (broad SMARTS) is 1. The van der Waals surface area contributed by atoms with Crippen molar-refractivity contribution in [1.29, 1.82) is 0 Å². The Labute approximate surface area is 55.9 Å². The van der Waals surface area contributed by atoms with E-state index in [4.69, 9.17) is 5.11 Å². The Bertz CT molecular complexity index is 88.9. The first-order valence-electron chi connectivity index (χ1n) is 3.38. The van der Waals surface area contributed by atoms with Gasteiger partial charge < -0.3 is 5.11 Å². The fraction of sp³-hybridized carbons (Fsp3) is 0.857. The summed E-state index contributed by atoms with van der Waals surface area (Å²) in [6.45, 7) is 4.15. The van der Waals surface area contributed by atoms with Gasteiger partial charge in [0.1, 0.15) is 0 Å². The molecular formula is C7H14O2. The van der Waals surface area contributed by atoms with Crippen LogP contribution < -0.4 is 0 Å². The molecule has 0 saturated heterocycles. The number of aliphatic carboxylic acids is 1. The Morgan fingerprint density at radius 2 is 2.22 bits per heavy atom. The van der Waals surface area contributed by atoms with Crippen LogP contribution in [0.4, 0.5) is 0 Å². The van der Waals surface area contributed by atoms with Gasteiger partial charge in [-0.15, -0.1) is 0 Å². The Balaban J connectivity index is 3.16. The predicted molar refractivity (Wildman–Crippen MR) is 36.3 cm³/mol. The smallest absolute Gasteiger partial charge is 0.303 e. The van der Waals surface area contributed by atoms with Gasteiger partial charge >= 0.3 is 5.97 Å². The molecule has 0 rings (SSSR count). The zero-order chi connectivity index (χ0) is 7.28. The Morgan fingerprint density at radius 1 is 1.67 bits per heavy atom. The first kappa shape index (κ1) is 8.47. The minimum atomic E-state index is -0.685. The summed E-state index contributed by atoms with van der Waals surface area (Å²) in [5.74, 6) is -0.128. The monoisotopic (exact) mass is 130 g/mol. The van der Waals surface area contributed by atoms with E-state index in [2.05, 4.69) is 13.8 Å². The second-order valence-corrected chi connectivity index (χ2v) is 2.45. The van der Waals surface area contributed by atoms with Crippen molar-refractivity contribution in [3.05, 3.63) is 0 Å². The zero-order valence-electron chi connectivity index (χ0n) is 6.05. The van der Waals surface area contributed by atoms with Gasteiger partial charge in [-0.05, 0) is 12.3 Å². The van der Waals surface area contributed by atoms with E-state index < -0.39 is 5.97 Å². The number of carboxylic acids is 1. The van der Waals surface area contributed by atoms with Gasteiger partial charge in [-0.2, -0.15) is 0 Å². The molecule has 1 N–H and O–H groups in total. The summed E-state index contributed by atoms with van der Waals surface area (Å²) in [5.41, 5.74) is 0. The molecule has 2 heteroatoms. The highest BCUT2D eigenvalue weighted by Crippen LogP contribution is 2.08. The maximum Gasteiger partial charge on any atom is 0.303 e. The lowest BCUT2D eigenvalue weighted by Gasteiger charge is -2.03. The van der Waals surface area contributed by atoms with Crippen molar-refractivity contribution in [1.82, 2.24) is 0 Å². The molecule has 0 aromatic carbocycles. The molecule has 0 aromatic rings. The van der Waals surface area contributed by atoms with Crippen LogP contribution in [-0.4, -0.2) is 11.1 Å². The molecule has 9 heavy (non-hydrogen) atoms. The van der Waals surface area contributed by atoms with E-state index in [0.717, 1.165) is 12.8 Å². The second-order valence-electron chi connectivity index (χ2n) is 2.45. The molecule has 0 unspecified atom stereocenters. The van der Waals surface area contributed by atoms with Gasteiger partial charge in [-0.3, -0.25) is 4.79 Å². The van der Waals surface area contributed by atoms with Crippen LogP contribution in [0, 0.1) is 5.92 Å². The Morgan fingerprint density at radius 3 is 2.56 bits per heavy atom. The highest BCUT2D eigenvalue weighted by atomic mass is 16.4. The number of carbonyl (C=O) groups is 1. The molecule has 0 spiro atoms. The predicted octanol–water partition coefficient (Wildman–Crippen LogP) is 1.90. The maximum atomic E-state index is 10.0. The second kappa shape index (κ2) is 4.36. The molecule has 0 radical (unpaired) electrons. The van der Waals surface area contributed by atoms with Crippen molar-refractivity contribution in [2.24, 2.45) is 5.92 Å². The average molecular weight is 130 g/mol. The molecule has 1 atom stereocenters. The van der Waals surface area contributed by atoms with Crippen molar-refractivity contribution in [2.45, 2.75) is 33.1 Å². The topological polar surface area (TPSA) is 37.3 Å². The van der Waals surface area contributed by atoms with Crippen LogP contribution in [0.2, 0.25) is 0 Å². The molecule has 0 aliphatic carbocycles. The summed E-state index contributed by atoms with van der Waals surface area (Å²) in [7, 11) is 0. The molecule has 54 valence electrons. The summed E-state index contributed by atoms with van der Waals surface area (Å²) in [6, 6.07) is 0. The molecule has 0 aliphatic rings. The molecule has 0 bridgehead atoms. The highest BCUT2D eigenvalue weighted by molar-refractivity contribution is 5.66. The number of hydrogen-bond donors (Lipinski definition) is 1. The van der Waals surface area contributed by atoms with E-state index in [1.165, 1.54) is 0 Å². The third kappa shape index (κ3) is 5.34. The van der Waals surface area contributed by atoms with Crippen molar-refractivity contribution in [2.75, 3.05) is 0 Å². The van der Waals surface area contributed by atoms with E-state index in [1.54, 1.807) is 0 Å². The summed E-state index contributed by atoms with van der Waals surface area (Å²) in [6.07, 6.45) is 2.20. The van der Waals surface area contributed by atoms with Crippen molar-refractivity contribution in [3.8, 4) is 0 Å². The lowest BCUT2D eigenvalue weighted by atomic mass is 10.0. The van der Waals surface area contributed by atoms with Crippen LogP contribution in [0.15, 0.2) is 0 Å². The van der Waals surface area contributed by atoms with Gasteiger partial charge in [-0.1, -0.05) is 20.3 Å². The fourth-order valence-electron chi connectivity index (χ4n) is 0.574. The summed E-state index contributed by atoms with van der Waals surface area (Å²) < 4.78 is 0. The van der Waals surface area contributed by atoms with E-state index in [9.17, 15) is 4.79 Å². The molecule has 0 heterocycles. The maximum absolute atomic E-state index is 10.0. The molecule has 0 amide bonds. The van der Waals surface area contributed by atoms with Crippen LogP contribution in [0.1, 0.15) is 33.1 Å². The van der Waals surface area contributed by atoms with Crippen LogP contribution >= 0.6 is 0 Å². The lowest BCUT2D eigenvalue weighted by molar-refractivity contribution is -0.137. The largest absolute Gasteiger partial charge is 0.481 e. The summed E-state index contributed by atoms with van der Waals surface area (Å²) >= 11 is 0. The SMILES string of the molecule is CC[C@@H](C)CCC(=O)O. The van der Waals surface area contributed by atoms with Gasteiger partial charge in [0.05, 0.1) is 0 Å². The van der Waals surface area contributed by atoms with Crippen LogP contribution in [0.5, 0.6) is 0 Å². The van der Waals surface area contributed by atoms with Crippen LogP contribution in [0.25, 0.3) is 0 Å². The minimum absolute atomic E-state index is 0.314. The third-order valence-corrected chi connectivity index (χ3v) is 1.55. The normalized spacial score (nSPS) is 13.1. The fourth-order valence-corrected chi connectivity index (χ4v) is 0.574. The first-order chi connectivity index (χ1) is 4.16. The van der Waals surface area contributed by atoms with Crippen molar-refractivity contribution >= 4 is 5.97 Å². The molecule has 0 saturated carbocycles. The standard InChI is InChI=1S/C7H14O2/c1-3-6(2)4-5-7(8)9/h6H,3-5H2,1-2H3,(H,8,9)/t6-/m1/s1. The van der Waals surface area contributed by atoms with Gasteiger partial charge in [0.15, 0.2) is 0 Å². The van der Waals surface area contributed by atoms with Gasteiger partial charge in [0, 0.05) is 6.42 Å². The van der Waals surface area contributed by atoms with Crippen molar-refractivity contribution in [3.63, 3.8) is 0 Å². The number of rotatable bonds is 4. The van der Waals surface area contributed by atoms with Crippen molar-refractivity contribution < 1.29 is 9.90 Å². The highest BCUT2D eigenvalue weighted by Gasteiger charge is 2.01. The molecule has 0 aromatic heterocycles. The third-order valence-electron chi connectivity index (χ3n) is 1.55. The Kier molecular flexibility index (Phi) is 4.10. The van der Waals surface area contributed by atoms with E-state index in [1.807, 2.05) is 0 Å². The first-order valence-corrected chi connectivity index (χ1v) is 3.38. The Hall–Kier alpha value is -0.530. The minimum Gasteiger partial charge on any atom is -0.481 e. The van der Waals surface area contributed by atoms with E-state index in [-0.39, 0.29) is 0 Å². The molecular weight excluding hydrogens is 116 g/mol. The van der Waals surface area contributed by atoms with Gasteiger partial charge in [0.25, 0.3) is 0 Å². The van der Waals surface area contributed by atoms with E-state index in [0.29, 0.717) is 12.3 Å². The molecule has 0 aliphatic heterocycles. The quantitative estimate of drug-likeness (QED) is 0.631. The van der Waals surface area contributed by atoms with Crippen LogP contribution in [-0.2, 0) is 4.79 Å². The summed E-state index contributed by atoms with van der Waals surface area (Å²) in [4.78, 5) is 10.0.